The number of carbonyl (C=O) groups is 2. The molecular weight excluding hydrogens is 465 g/mol. The van der Waals surface area contributed by atoms with Crippen LogP contribution in [0.4, 0.5) is 11.5 Å². The van der Waals surface area contributed by atoms with Gasteiger partial charge < -0.3 is 24.3 Å². The number of hydrogen-bond acceptors (Lipinski definition) is 9. The minimum Gasteiger partial charge on any atom is -0.463 e. The molecule has 1 saturated heterocycles. The predicted octanol–water partition coefficient (Wildman–Crippen LogP) is 0.698. The average Bonchev–Trinajstić information content (AvgIpc) is 2.91. The van der Waals surface area contributed by atoms with Crippen molar-refractivity contribution in [3.63, 3.8) is 0 Å². The molecule has 1 aliphatic rings. The first-order chi connectivity index (χ1) is 17.5. The van der Waals surface area contributed by atoms with Crippen LogP contribution in [0.25, 0.3) is 11.3 Å². The average molecular weight is 491 g/mol. The molecule has 12 heteroatoms. The van der Waals surface area contributed by atoms with Crippen LogP contribution in [0, 0.1) is 0 Å². The van der Waals surface area contributed by atoms with Gasteiger partial charge in [-0.15, -0.1) is 0 Å². The highest BCUT2D eigenvalue weighted by atomic mass is 16.5. The van der Waals surface area contributed by atoms with Crippen molar-refractivity contribution in [2.24, 2.45) is 0 Å². The lowest BCUT2D eigenvalue weighted by Gasteiger charge is -2.26. The molecule has 36 heavy (non-hydrogen) atoms. The van der Waals surface area contributed by atoms with Crippen molar-refractivity contribution >= 4 is 31.4 Å². The van der Waals surface area contributed by atoms with Gasteiger partial charge in [-0.2, -0.15) is 5.10 Å². The Morgan fingerprint density at radius 3 is 2.72 bits per heavy atom. The van der Waals surface area contributed by atoms with Crippen LogP contribution in [0.1, 0.15) is 15.9 Å². The largest absolute Gasteiger partial charge is 0.463 e. The van der Waals surface area contributed by atoms with Gasteiger partial charge in [0.15, 0.2) is 0 Å². The number of hydrogen-bond donors (Lipinski definition) is 2. The number of pyridine rings is 1. The number of carbonyl (C=O) groups excluding carboxylic acids is 2. The van der Waals surface area contributed by atoms with Gasteiger partial charge in [-0.25, -0.2) is 10.1 Å². The fourth-order valence-electron chi connectivity index (χ4n) is 3.62. The van der Waals surface area contributed by atoms with E-state index >= 15 is 0 Å². The third-order valence-corrected chi connectivity index (χ3v) is 5.50. The highest BCUT2D eigenvalue weighted by Crippen LogP contribution is 2.21. The zero-order valence-corrected chi connectivity index (χ0v) is 19.9. The molecule has 1 aromatic carbocycles. The Hall–Kier alpha value is -4.03. The first-order valence-electron chi connectivity index (χ1n) is 11.5. The van der Waals surface area contributed by atoms with Crippen molar-refractivity contribution in [2.75, 3.05) is 44.8 Å². The lowest BCUT2D eigenvalue weighted by molar-refractivity contribution is -0.143. The van der Waals surface area contributed by atoms with Crippen LogP contribution in [0.3, 0.4) is 0 Å². The molecule has 0 spiro atoms. The van der Waals surface area contributed by atoms with Crippen LogP contribution in [0.15, 0.2) is 53.5 Å². The quantitative estimate of drug-likeness (QED) is 0.252. The normalized spacial score (nSPS) is 13.3. The molecule has 4 rings (SSSR count). The Morgan fingerprint density at radius 2 is 1.97 bits per heavy atom. The molecule has 3 heterocycles. The Labute approximate surface area is 208 Å². The van der Waals surface area contributed by atoms with Crippen molar-refractivity contribution < 1.29 is 23.7 Å². The van der Waals surface area contributed by atoms with Crippen LogP contribution in [0.2, 0.25) is 0 Å². The number of aromatic amines is 1. The van der Waals surface area contributed by atoms with Gasteiger partial charge in [-0.05, 0) is 29.8 Å². The number of ether oxygens (including phenoxy) is 2. The molecule has 1 amide bonds. The molecule has 11 nitrogen and oxygen atoms in total. The summed E-state index contributed by atoms with van der Waals surface area (Å²) in [4.78, 5) is 43.0. The van der Waals surface area contributed by atoms with Crippen molar-refractivity contribution in [1.82, 2.24) is 20.1 Å². The standard InChI is InChI=1S/C24H26BN5O6/c25-36-11-10-35-22(31)13-16-2-1-3-17(12-16)19-14-20(23(32)29-28-19)27-21-5-4-18(15-26-21)24(33)30-6-8-34-9-7-30/h1-5,12,14-15H,6-11,13,25H2,(H,29,32)(H,26,27,28). The van der Waals surface area contributed by atoms with Crippen molar-refractivity contribution in [2.45, 2.75) is 6.42 Å². The van der Waals surface area contributed by atoms with Crippen molar-refractivity contribution in [3.8, 4) is 11.3 Å². The number of aromatic nitrogens is 3. The highest BCUT2D eigenvalue weighted by molar-refractivity contribution is 5.97. The first kappa shape index (κ1) is 25.1. The van der Waals surface area contributed by atoms with Crippen molar-refractivity contribution in [1.29, 1.82) is 0 Å². The number of H-pyrrole nitrogens is 1. The Morgan fingerprint density at radius 1 is 1.14 bits per heavy atom. The van der Waals surface area contributed by atoms with Gasteiger partial charge in [-0.1, -0.05) is 18.2 Å². The van der Waals surface area contributed by atoms with Gasteiger partial charge in [0, 0.05) is 24.8 Å². The molecule has 2 aromatic heterocycles. The second kappa shape index (κ2) is 12.1. The maximum atomic E-state index is 12.6. The third kappa shape index (κ3) is 6.55. The van der Waals surface area contributed by atoms with E-state index in [2.05, 4.69) is 20.5 Å². The zero-order chi connectivity index (χ0) is 25.3. The number of nitrogens with one attached hydrogen (secondary N) is 2. The van der Waals surface area contributed by atoms with Crippen LogP contribution >= 0.6 is 0 Å². The molecule has 2 N–H and O–H groups in total. The zero-order valence-electron chi connectivity index (χ0n) is 19.9. The number of morpholine rings is 1. The number of anilines is 2. The van der Waals surface area contributed by atoms with E-state index < -0.39 is 5.56 Å². The second-order valence-corrected chi connectivity index (χ2v) is 8.05. The lowest BCUT2D eigenvalue weighted by atomic mass is 10.1. The van der Waals surface area contributed by atoms with Gasteiger partial charge in [0.25, 0.3) is 19.5 Å². The number of nitrogens with zero attached hydrogens (tertiary/aromatic N) is 3. The lowest BCUT2D eigenvalue weighted by Crippen LogP contribution is -2.40. The Bertz CT molecular complexity index is 1260. The van der Waals surface area contributed by atoms with E-state index in [0.29, 0.717) is 50.0 Å². The smallest absolute Gasteiger partial charge is 0.310 e. The molecule has 3 aromatic rings. The topological polar surface area (TPSA) is 136 Å². The molecule has 1 aliphatic heterocycles. The maximum absolute atomic E-state index is 12.6. The SMILES string of the molecule is BOCCOC(=O)Cc1cccc(-c2cc(Nc3ccc(C(=O)N4CCOCC4)cn3)c(=O)[nH]n2)c1. The van der Waals surface area contributed by atoms with E-state index in [9.17, 15) is 14.4 Å². The fourth-order valence-corrected chi connectivity index (χ4v) is 3.62. The van der Waals surface area contributed by atoms with Gasteiger partial charge in [0.2, 0.25) is 0 Å². The summed E-state index contributed by atoms with van der Waals surface area (Å²) in [5, 5.41) is 9.59. The summed E-state index contributed by atoms with van der Waals surface area (Å²) in [7, 11) is 1.54. The number of benzene rings is 1. The first-order valence-corrected chi connectivity index (χ1v) is 11.5. The summed E-state index contributed by atoms with van der Waals surface area (Å²) in [5.41, 5.74) is 2.25. The summed E-state index contributed by atoms with van der Waals surface area (Å²) in [6.45, 7) is 2.67. The highest BCUT2D eigenvalue weighted by Gasteiger charge is 2.19. The summed E-state index contributed by atoms with van der Waals surface area (Å²) < 4.78 is 15.3. The van der Waals surface area contributed by atoms with Gasteiger partial charge in [0.05, 0.1) is 37.5 Å². The Kier molecular flexibility index (Phi) is 8.42. The van der Waals surface area contributed by atoms with Crippen molar-refractivity contribution in [3.05, 3.63) is 70.1 Å². The van der Waals surface area contributed by atoms with Crippen LogP contribution in [-0.2, 0) is 25.3 Å². The molecule has 0 saturated carbocycles. The molecule has 0 bridgehead atoms. The van der Waals surface area contributed by atoms with E-state index in [1.807, 2.05) is 18.2 Å². The van der Waals surface area contributed by atoms with E-state index in [-0.39, 0.29) is 30.6 Å². The molecule has 0 unspecified atom stereocenters. The Balaban J connectivity index is 1.45. The van der Waals surface area contributed by atoms with E-state index in [0.717, 1.165) is 11.1 Å². The molecular formula is C24H26BN5O6. The van der Waals surface area contributed by atoms with E-state index in [4.69, 9.17) is 14.1 Å². The fraction of sp³-hybridized carbons (Fsp3) is 0.292. The van der Waals surface area contributed by atoms with Crippen LogP contribution < -0.4 is 10.9 Å². The molecule has 0 atom stereocenters. The number of esters is 1. The monoisotopic (exact) mass is 491 g/mol. The minimum atomic E-state index is -0.424. The van der Waals surface area contributed by atoms with E-state index in [1.165, 1.54) is 14.2 Å². The summed E-state index contributed by atoms with van der Waals surface area (Å²) in [6.07, 6.45) is 1.58. The second-order valence-electron chi connectivity index (χ2n) is 8.05. The molecule has 0 radical (unpaired) electrons. The third-order valence-electron chi connectivity index (χ3n) is 5.50. The van der Waals surface area contributed by atoms with Crippen LogP contribution in [-0.4, -0.2) is 79.5 Å². The minimum absolute atomic E-state index is 0.103. The predicted molar refractivity (Wildman–Crippen MR) is 134 cm³/mol. The summed E-state index contributed by atoms with van der Waals surface area (Å²) in [5.74, 6) is -0.0600. The van der Waals surface area contributed by atoms with Crippen LogP contribution in [0.5, 0.6) is 0 Å². The van der Waals surface area contributed by atoms with Gasteiger partial charge in [0.1, 0.15) is 18.1 Å². The molecule has 186 valence electrons. The number of amides is 1. The summed E-state index contributed by atoms with van der Waals surface area (Å²) >= 11 is 0. The number of rotatable bonds is 9. The van der Waals surface area contributed by atoms with Gasteiger partial charge >= 0.3 is 5.97 Å². The molecule has 1 fully saturated rings. The van der Waals surface area contributed by atoms with Gasteiger partial charge in [-0.3, -0.25) is 14.4 Å². The maximum Gasteiger partial charge on any atom is 0.310 e. The van der Waals surface area contributed by atoms with E-state index in [1.54, 1.807) is 29.2 Å². The molecule has 0 aliphatic carbocycles. The summed E-state index contributed by atoms with van der Waals surface area (Å²) in [6, 6.07) is 12.2.